The van der Waals surface area contributed by atoms with E-state index in [0.717, 1.165) is 10.4 Å². The van der Waals surface area contributed by atoms with Crippen molar-refractivity contribution in [3.05, 3.63) is 57.7 Å². The molecule has 0 N–H and O–H groups in total. The number of hydrogen-bond acceptors (Lipinski definition) is 5. The average Bonchev–Trinajstić information content (AvgIpc) is 3.09. The zero-order valence-electron chi connectivity index (χ0n) is 12.7. The Balaban J connectivity index is 1.88. The second-order valence-corrected chi connectivity index (χ2v) is 6.99. The first-order valence-electron chi connectivity index (χ1n) is 6.95. The molecular weight excluding hydrogens is 296 g/mol. The third kappa shape index (κ3) is 2.99. The number of aliphatic imine (C=N–C) groups is 1. The topological polar surface area (TPSA) is 51.5 Å². The van der Waals surface area contributed by atoms with Crippen molar-refractivity contribution >= 4 is 29.3 Å². The van der Waals surface area contributed by atoms with Crippen LogP contribution in [0.4, 0.5) is 0 Å². The highest BCUT2D eigenvalue weighted by Crippen LogP contribution is 2.24. The second kappa shape index (κ2) is 5.50. The van der Waals surface area contributed by atoms with Crippen LogP contribution in [0.1, 0.15) is 36.8 Å². The van der Waals surface area contributed by atoms with Crippen LogP contribution in [0.15, 0.2) is 46.7 Å². The highest BCUT2D eigenvalue weighted by Gasteiger charge is 2.24. The number of nitrogens with zero attached hydrogens (tertiary/aromatic N) is 2. The lowest BCUT2D eigenvalue weighted by Crippen LogP contribution is -2.11. The Labute approximate surface area is 133 Å². The summed E-state index contributed by atoms with van der Waals surface area (Å²) in [6, 6.07) is 7.94. The van der Waals surface area contributed by atoms with E-state index in [0.29, 0.717) is 11.6 Å². The first-order chi connectivity index (χ1) is 10.4. The lowest BCUT2D eigenvalue weighted by molar-refractivity contribution is -0.129. The highest BCUT2D eigenvalue weighted by atomic mass is 32.1. The molecule has 0 saturated heterocycles. The molecular formula is C17H16N2O2S. The minimum absolute atomic E-state index is 0.0872. The molecule has 4 nitrogen and oxygen atoms in total. The van der Waals surface area contributed by atoms with Crippen LogP contribution in [-0.4, -0.2) is 16.9 Å². The van der Waals surface area contributed by atoms with Gasteiger partial charge in [0, 0.05) is 16.6 Å². The summed E-state index contributed by atoms with van der Waals surface area (Å²) in [5.74, 6) is -0.0791. The van der Waals surface area contributed by atoms with Crippen LogP contribution >= 0.6 is 11.3 Å². The summed E-state index contributed by atoms with van der Waals surface area (Å²) in [7, 11) is 0. The lowest BCUT2D eigenvalue weighted by atomic mass is 9.87. The summed E-state index contributed by atoms with van der Waals surface area (Å²) in [5.41, 5.74) is 4.13. The van der Waals surface area contributed by atoms with Crippen molar-refractivity contribution < 1.29 is 9.53 Å². The van der Waals surface area contributed by atoms with Gasteiger partial charge in [-0.3, -0.25) is 4.98 Å². The molecule has 0 aliphatic carbocycles. The number of cyclic esters (lactones) is 1. The molecule has 112 valence electrons. The number of thiazole rings is 1. The minimum Gasteiger partial charge on any atom is -0.402 e. The summed E-state index contributed by atoms with van der Waals surface area (Å²) in [4.78, 5) is 21.0. The van der Waals surface area contributed by atoms with Crippen LogP contribution < -0.4 is 0 Å². The van der Waals surface area contributed by atoms with Gasteiger partial charge in [0.2, 0.25) is 5.90 Å². The number of hydrogen-bond donors (Lipinski definition) is 0. The number of carbonyl (C=O) groups is 1. The Morgan fingerprint density at radius 1 is 1.18 bits per heavy atom. The number of ether oxygens (including phenoxy) is 1. The first kappa shape index (κ1) is 14.7. The third-order valence-corrected chi connectivity index (χ3v) is 4.07. The van der Waals surface area contributed by atoms with Crippen LogP contribution in [0.2, 0.25) is 0 Å². The Hall–Kier alpha value is -2.27. The first-order valence-corrected chi connectivity index (χ1v) is 7.83. The molecule has 2 heterocycles. The van der Waals surface area contributed by atoms with Gasteiger partial charge in [-0.2, -0.15) is 0 Å². The van der Waals surface area contributed by atoms with Crippen LogP contribution in [0.5, 0.6) is 0 Å². The van der Waals surface area contributed by atoms with Crippen molar-refractivity contribution in [3.8, 4) is 0 Å². The van der Waals surface area contributed by atoms with Crippen molar-refractivity contribution in [2.75, 3.05) is 0 Å². The molecule has 0 amide bonds. The molecule has 2 aromatic rings. The molecule has 0 saturated carbocycles. The number of carbonyl (C=O) groups excluding carboxylic acids is 1. The summed E-state index contributed by atoms with van der Waals surface area (Å²) in [6.07, 6.45) is 3.38. The number of benzene rings is 1. The molecule has 22 heavy (non-hydrogen) atoms. The molecule has 0 radical (unpaired) electrons. The molecule has 1 aliphatic rings. The van der Waals surface area contributed by atoms with Gasteiger partial charge in [0.15, 0.2) is 5.70 Å². The van der Waals surface area contributed by atoms with Gasteiger partial charge in [-0.1, -0.05) is 32.9 Å². The second-order valence-electron chi connectivity index (χ2n) is 6.07. The van der Waals surface area contributed by atoms with E-state index in [9.17, 15) is 4.79 Å². The fourth-order valence-corrected chi connectivity index (χ4v) is 2.62. The van der Waals surface area contributed by atoms with Crippen molar-refractivity contribution in [2.24, 2.45) is 4.99 Å². The van der Waals surface area contributed by atoms with E-state index >= 15 is 0 Å². The van der Waals surface area contributed by atoms with Gasteiger partial charge in [-0.25, -0.2) is 9.79 Å². The normalized spacial score (nSPS) is 16.8. The smallest absolute Gasteiger partial charge is 0.363 e. The fourth-order valence-electron chi connectivity index (χ4n) is 2.08. The van der Waals surface area contributed by atoms with Gasteiger partial charge < -0.3 is 4.74 Å². The number of rotatable bonds is 2. The van der Waals surface area contributed by atoms with E-state index in [1.807, 2.05) is 24.3 Å². The van der Waals surface area contributed by atoms with E-state index < -0.39 is 5.97 Å². The van der Waals surface area contributed by atoms with E-state index in [2.05, 4.69) is 30.7 Å². The van der Waals surface area contributed by atoms with E-state index in [4.69, 9.17) is 4.74 Å². The quantitative estimate of drug-likeness (QED) is 0.626. The lowest BCUT2D eigenvalue weighted by Gasteiger charge is -2.18. The fraction of sp³-hybridized carbons (Fsp3) is 0.235. The average molecular weight is 312 g/mol. The standard InChI is InChI=1S/C17H16N2O2S/c1-17(2,3)12-6-4-11(5-7-12)15-19-14(16(20)21-15)8-13-9-18-10-22-13/h4-10H,1-3H3. The molecule has 0 unspecified atom stereocenters. The Morgan fingerprint density at radius 3 is 2.50 bits per heavy atom. The van der Waals surface area contributed by atoms with Crippen LogP contribution in [0, 0.1) is 0 Å². The largest absolute Gasteiger partial charge is 0.402 e. The Bertz CT molecular complexity index is 751. The predicted molar refractivity (Wildman–Crippen MR) is 87.9 cm³/mol. The van der Waals surface area contributed by atoms with Gasteiger partial charge >= 0.3 is 5.97 Å². The molecule has 1 aromatic heterocycles. The maximum atomic E-state index is 11.9. The van der Waals surface area contributed by atoms with Crippen molar-refractivity contribution in [1.29, 1.82) is 0 Å². The molecule has 0 bridgehead atoms. The van der Waals surface area contributed by atoms with Crippen LogP contribution in [-0.2, 0) is 14.9 Å². The molecule has 3 rings (SSSR count). The molecule has 5 heteroatoms. The van der Waals surface area contributed by atoms with Crippen LogP contribution in [0.3, 0.4) is 0 Å². The monoisotopic (exact) mass is 312 g/mol. The molecule has 1 aromatic carbocycles. The number of esters is 1. The van der Waals surface area contributed by atoms with Gasteiger partial charge in [0.25, 0.3) is 0 Å². The van der Waals surface area contributed by atoms with Gasteiger partial charge in [0.1, 0.15) is 0 Å². The van der Waals surface area contributed by atoms with E-state index in [1.165, 1.54) is 16.9 Å². The summed E-state index contributed by atoms with van der Waals surface area (Å²) in [6.45, 7) is 6.47. The summed E-state index contributed by atoms with van der Waals surface area (Å²) < 4.78 is 5.26. The van der Waals surface area contributed by atoms with Crippen molar-refractivity contribution in [2.45, 2.75) is 26.2 Å². The van der Waals surface area contributed by atoms with Gasteiger partial charge in [-0.15, -0.1) is 11.3 Å². The summed E-state index contributed by atoms with van der Waals surface area (Å²) >= 11 is 1.45. The Kier molecular flexibility index (Phi) is 3.66. The predicted octanol–water partition coefficient (Wildman–Crippen LogP) is 3.79. The van der Waals surface area contributed by atoms with Crippen LogP contribution in [0.25, 0.3) is 6.08 Å². The summed E-state index contributed by atoms with van der Waals surface area (Å²) in [5, 5.41) is 0. The minimum atomic E-state index is -0.428. The zero-order chi connectivity index (χ0) is 15.7. The zero-order valence-corrected chi connectivity index (χ0v) is 13.5. The molecule has 0 atom stereocenters. The SMILES string of the molecule is CC(C)(C)c1ccc(C2=NC(=Cc3cncs3)C(=O)O2)cc1. The highest BCUT2D eigenvalue weighted by molar-refractivity contribution is 7.10. The molecule has 0 fully saturated rings. The maximum absolute atomic E-state index is 11.9. The van der Waals surface area contributed by atoms with E-state index in [1.54, 1.807) is 17.8 Å². The van der Waals surface area contributed by atoms with Crippen molar-refractivity contribution in [1.82, 2.24) is 4.98 Å². The Morgan fingerprint density at radius 2 is 1.91 bits per heavy atom. The van der Waals surface area contributed by atoms with Gasteiger partial charge in [-0.05, 0) is 29.2 Å². The maximum Gasteiger partial charge on any atom is 0.363 e. The van der Waals surface area contributed by atoms with Gasteiger partial charge in [0.05, 0.1) is 5.51 Å². The third-order valence-electron chi connectivity index (χ3n) is 3.35. The molecule has 0 spiro atoms. The number of aromatic nitrogens is 1. The van der Waals surface area contributed by atoms with Crippen molar-refractivity contribution in [3.63, 3.8) is 0 Å². The molecule has 1 aliphatic heterocycles. The van der Waals surface area contributed by atoms with E-state index in [-0.39, 0.29) is 5.41 Å².